The first-order valence-electron chi connectivity index (χ1n) is 8.07. The van der Waals surface area contributed by atoms with Crippen molar-refractivity contribution in [2.24, 2.45) is 0 Å². The summed E-state index contributed by atoms with van der Waals surface area (Å²) in [5, 5.41) is 4.83. The molecule has 3 rings (SSSR count). The van der Waals surface area contributed by atoms with E-state index in [0.717, 1.165) is 37.1 Å². The van der Waals surface area contributed by atoms with E-state index >= 15 is 0 Å². The van der Waals surface area contributed by atoms with Crippen LogP contribution in [-0.2, 0) is 9.53 Å². The molecule has 0 unspecified atom stereocenters. The maximum absolute atomic E-state index is 11.3. The first kappa shape index (κ1) is 15.7. The molecule has 1 fully saturated rings. The van der Waals surface area contributed by atoms with Crippen molar-refractivity contribution >= 4 is 22.6 Å². The number of piperidine rings is 1. The minimum absolute atomic E-state index is 0.160. The highest BCUT2D eigenvalue weighted by atomic mass is 16.5. The number of carbonyl (C=O) groups excluding carboxylic acids is 1. The number of benzene rings is 1. The van der Waals surface area contributed by atoms with Crippen LogP contribution < -0.4 is 5.32 Å². The van der Waals surface area contributed by atoms with E-state index in [-0.39, 0.29) is 5.97 Å². The SMILES string of the molecule is COC(=O)CN1CCC(Nc2ccc(C)c3ncccc23)CC1. The molecular weight excluding hydrogens is 290 g/mol. The number of hydrogen-bond donors (Lipinski definition) is 1. The van der Waals surface area contributed by atoms with E-state index in [2.05, 4.69) is 40.3 Å². The average Bonchev–Trinajstić information content (AvgIpc) is 2.59. The van der Waals surface area contributed by atoms with Crippen LogP contribution in [0.4, 0.5) is 5.69 Å². The Balaban J connectivity index is 1.65. The van der Waals surface area contributed by atoms with Gasteiger partial charge in [-0.25, -0.2) is 0 Å². The number of anilines is 1. The Hall–Kier alpha value is -2.14. The van der Waals surface area contributed by atoms with Gasteiger partial charge in [-0.2, -0.15) is 0 Å². The molecule has 23 heavy (non-hydrogen) atoms. The van der Waals surface area contributed by atoms with Crippen molar-refractivity contribution < 1.29 is 9.53 Å². The molecule has 2 heterocycles. The second kappa shape index (κ2) is 6.96. The van der Waals surface area contributed by atoms with Crippen molar-refractivity contribution in [1.82, 2.24) is 9.88 Å². The number of likely N-dealkylation sites (tertiary alicyclic amines) is 1. The molecule has 0 saturated carbocycles. The number of methoxy groups -OCH3 is 1. The second-order valence-electron chi connectivity index (χ2n) is 6.10. The average molecular weight is 313 g/mol. The number of esters is 1. The summed E-state index contributed by atoms with van der Waals surface area (Å²) in [4.78, 5) is 18.0. The molecule has 122 valence electrons. The topological polar surface area (TPSA) is 54.5 Å². The standard InChI is InChI=1S/C18H23N3O2/c1-13-5-6-16(15-4-3-9-19-18(13)15)20-14-7-10-21(11-8-14)12-17(22)23-2/h3-6,9,14,20H,7-8,10-12H2,1-2H3. The minimum Gasteiger partial charge on any atom is -0.468 e. The van der Waals surface area contributed by atoms with Gasteiger partial charge in [-0.3, -0.25) is 14.7 Å². The number of fused-ring (bicyclic) bond motifs is 1. The fraction of sp³-hybridized carbons (Fsp3) is 0.444. The van der Waals surface area contributed by atoms with Gasteiger partial charge in [0.2, 0.25) is 0 Å². The molecule has 0 radical (unpaired) electrons. The Morgan fingerprint density at radius 3 is 2.87 bits per heavy atom. The summed E-state index contributed by atoms with van der Waals surface area (Å²) in [5.74, 6) is -0.160. The molecule has 5 heteroatoms. The van der Waals surface area contributed by atoms with E-state index in [4.69, 9.17) is 4.74 Å². The second-order valence-corrected chi connectivity index (χ2v) is 6.10. The van der Waals surface area contributed by atoms with Gasteiger partial charge in [-0.05, 0) is 43.5 Å². The first-order valence-corrected chi connectivity index (χ1v) is 8.07. The molecular formula is C18H23N3O2. The highest BCUT2D eigenvalue weighted by Crippen LogP contribution is 2.26. The molecule has 0 atom stereocenters. The number of hydrogen-bond acceptors (Lipinski definition) is 5. The number of aromatic nitrogens is 1. The van der Waals surface area contributed by atoms with Crippen molar-refractivity contribution in [3.8, 4) is 0 Å². The van der Waals surface area contributed by atoms with E-state index < -0.39 is 0 Å². The third kappa shape index (κ3) is 3.62. The van der Waals surface area contributed by atoms with Crippen molar-refractivity contribution in [2.75, 3.05) is 32.1 Å². The number of aryl methyl sites for hydroxylation is 1. The summed E-state index contributed by atoms with van der Waals surface area (Å²) in [6.07, 6.45) is 3.88. The minimum atomic E-state index is -0.160. The third-order valence-corrected chi connectivity index (χ3v) is 4.50. The largest absolute Gasteiger partial charge is 0.468 e. The molecule has 0 spiro atoms. The summed E-state index contributed by atoms with van der Waals surface area (Å²) in [7, 11) is 1.44. The lowest BCUT2D eigenvalue weighted by molar-refractivity contribution is -0.142. The van der Waals surface area contributed by atoms with E-state index in [0.29, 0.717) is 12.6 Å². The lowest BCUT2D eigenvalue weighted by Crippen LogP contribution is -2.41. The van der Waals surface area contributed by atoms with Crippen LogP contribution in [0, 0.1) is 6.92 Å². The zero-order valence-corrected chi connectivity index (χ0v) is 13.7. The monoisotopic (exact) mass is 313 g/mol. The van der Waals surface area contributed by atoms with Crippen LogP contribution in [0.5, 0.6) is 0 Å². The lowest BCUT2D eigenvalue weighted by Gasteiger charge is -2.32. The summed E-state index contributed by atoms with van der Waals surface area (Å²) in [5.41, 5.74) is 3.39. The first-order chi connectivity index (χ1) is 11.2. The Morgan fingerprint density at radius 2 is 2.13 bits per heavy atom. The Kier molecular flexibility index (Phi) is 4.76. The summed E-state index contributed by atoms with van der Waals surface area (Å²) in [6, 6.07) is 8.77. The van der Waals surface area contributed by atoms with Gasteiger partial charge in [0.15, 0.2) is 0 Å². The fourth-order valence-corrected chi connectivity index (χ4v) is 3.14. The quantitative estimate of drug-likeness (QED) is 0.879. The summed E-state index contributed by atoms with van der Waals surface area (Å²) in [6.45, 7) is 4.30. The van der Waals surface area contributed by atoms with Crippen LogP contribution in [0.3, 0.4) is 0 Å². The van der Waals surface area contributed by atoms with Gasteiger partial charge in [0.05, 0.1) is 19.2 Å². The summed E-state index contributed by atoms with van der Waals surface area (Å²) >= 11 is 0. The number of ether oxygens (including phenoxy) is 1. The van der Waals surface area contributed by atoms with Crippen LogP contribution in [0.15, 0.2) is 30.5 Å². The molecule has 1 aliphatic rings. The molecule has 1 saturated heterocycles. The van der Waals surface area contributed by atoms with E-state index in [1.807, 2.05) is 12.3 Å². The molecule has 1 aromatic carbocycles. The van der Waals surface area contributed by atoms with Crippen molar-refractivity contribution in [2.45, 2.75) is 25.8 Å². The smallest absolute Gasteiger partial charge is 0.319 e. The van der Waals surface area contributed by atoms with Crippen molar-refractivity contribution in [3.63, 3.8) is 0 Å². The van der Waals surface area contributed by atoms with Crippen molar-refractivity contribution in [1.29, 1.82) is 0 Å². The highest BCUT2D eigenvalue weighted by Gasteiger charge is 2.21. The van der Waals surface area contributed by atoms with Gasteiger partial charge >= 0.3 is 5.97 Å². The normalized spacial score (nSPS) is 16.4. The number of rotatable bonds is 4. The molecule has 0 aliphatic carbocycles. The Labute approximate surface area is 136 Å². The van der Waals surface area contributed by atoms with Crippen LogP contribution in [0.25, 0.3) is 10.9 Å². The third-order valence-electron chi connectivity index (χ3n) is 4.50. The number of nitrogens with one attached hydrogen (secondary N) is 1. The van der Waals surface area contributed by atoms with Gasteiger partial charge in [0.1, 0.15) is 0 Å². The van der Waals surface area contributed by atoms with E-state index in [1.54, 1.807) is 0 Å². The molecule has 1 N–H and O–H groups in total. The van der Waals surface area contributed by atoms with Gasteiger partial charge in [0, 0.05) is 36.4 Å². The van der Waals surface area contributed by atoms with E-state index in [9.17, 15) is 4.79 Å². The Morgan fingerprint density at radius 1 is 1.35 bits per heavy atom. The van der Waals surface area contributed by atoms with Gasteiger partial charge < -0.3 is 10.1 Å². The predicted molar refractivity (Wildman–Crippen MR) is 91.6 cm³/mol. The number of nitrogens with zero attached hydrogens (tertiary/aromatic N) is 2. The lowest BCUT2D eigenvalue weighted by atomic mass is 10.0. The van der Waals surface area contributed by atoms with Crippen LogP contribution >= 0.6 is 0 Å². The fourth-order valence-electron chi connectivity index (χ4n) is 3.14. The molecule has 5 nitrogen and oxygen atoms in total. The number of carbonyl (C=O) groups is 1. The van der Waals surface area contributed by atoms with Gasteiger partial charge in [-0.1, -0.05) is 6.07 Å². The van der Waals surface area contributed by atoms with Crippen LogP contribution in [-0.4, -0.2) is 48.6 Å². The van der Waals surface area contributed by atoms with Crippen LogP contribution in [0.2, 0.25) is 0 Å². The van der Waals surface area contributed by atoms with Crippen LogP contribution in [0.1, 0.15) is 18.4 Å². The molecule has 0 bridgehead atoms. The molecule has 1 aliphatic heterocycles. The maximum Gasteiger partial charge on any atom is 0.319 e. The van der Waals surface area contributed by atoms with E-state index in [1.165, 1.54) is 18.1 Å². The molecule has 2 aromatic rings. The molecule has 1 aromatic heterocycles. The molecule has 0 amide bonds. The van der Waals surface area contributed by atoms with Gasteiger partial charge in [-0.15, -0.1) is 0 Å². The zero-order chi connectivity index (χ0) is 16.2. The highest BCUT2D eigenvalue weighted by molar-refractivity contribution is 5.93. The summed E-state index contributed by atoms with van der Waals surface area (Å²) < 4.78 is 4.73. The van der Waals surface area contributed by atoms with Gasteiger partial charge in [0.25, 0.3) is 0 Å². The zero-order valence-electron chi connectivity index (χ0n) is 13.7. The maximum atomic E-state index is 11.3. The van der Waals surface area contributed by atoms with Crippen molar-refractivity contribution in [3.05, 3.63) is 36.0 Å². The Bertz CT molecular complexity index is 694. The predicted octanol–water partition coefficient (Wildman–Crippen LogP) is 2.59. The number of pyridine rings is 1.